The second-order valence-electron chi connectivity index (χ2n) is 4.34. The number of nitrogens with one attached hydrogen (secondary N) is 2. The number of rotatable bonds is 6. The molecule has 1 atom stereocenters. The number of amides is 2. The van der Waals surface area contributed by atoms with Gasteiger partial charge in [-0.05, 0) is 19.9 Å². The Balaban J connectivity index is 2.42. The van der Waals surface area contributed by atoms with E-state index in [9.17, 15) is 18.0 Å². The minimum absolute atomic E-state index is 0.00169. The molecule has 19 heavy (non-hydrogen) atoms. The van der Waals surface area contributed by atoms with Gasteiger partial charge >= 0.3 is 12.0 Å². The summed E-state index contributed by atoms with van der Waals surface area (Å²) in [5.74, 6) is -1.14. The molecule has 0 aromatic rings. The largest absolute Gasteiger partial charge is 0.481 e. The molecular weight excluding hydrogens is 274 g/mol. The van der Waals surface area contributed by atoms with E-state index in [0.29, 0.717) is 13.0 Å². The van der Waals surface area contributed by atoms with Gasteiger partial charge in [0.2, 0.25) is 10.0 Å². The first-order valence-electron chi connectivity index (χ1n) is 6.03. The van der Waals surface area contributed by atoms with Gasteiger partial charge in [0.1, 0.15) is 0 Å². The fraction of sp³-hybridized carbons (Fsp3) is 0.800. The Labute approximate surface area is 112 Å². The molecule has 110 valence electrons. The SMILES string of the molecule is CNS(=O)(=O)CCNC(=O)N1CCCC1CC(=O)O. The van der Waals surface area contributed by atoms with E-state index in [4.69, 9.17) is 5.11 Å². The van der Waals surface area contributed by atoms with Gasteiger partial charge in [-0.2, -0.15) is 0 Å². The molecule has 3 N–H and O–H groups in total. The minimum Gasteiger partial charge on any atom is -0.481 e. The lowest BCUT2D eigenvalue weighted by atomic mass is 10.1. The van der Waals surface area contributed by atoms with E-state index in [0.717, 1.165) is 6.42 Å². The van der Waals surface area contributed by atoms with Crippen LogP contribution in [0.3, 0.4) is 0 Å². The highest BCUT2D eigenvalue weighted by Gasteiger charge is 2.30. The van der Waals surface area contributed by atoms with Crippen LogP contribution in [0.25, 0.3) is 0 Å². The summed E-state index contributed by atoms with van der Waals surface area (Å²) in [6.45, 7) is 0.501. The maximum absolute atomic E-state index is 11.8. The molecule has 0 bridgehead atoms. The van der Waals surface area contributed by atoms with Gasteiger partial charge < -0.3 is 15.3 Å². The standard InChI is InChI=1S/C10H19N3O5S/c1-11-19(17,18)6-4-12-10(16)13-5-2-3-8(13)7-9(14)15/h8,11H,2-7H2,1H3,(H,12,16)(H,14,15). The van der Waals surface area contributed by atoms with Crippen molar-refractivity contribution in [3.05, 3.63) is 0 Å². The van der Waals surface area contributed by atoms with Crippen molar-refractivity contribution in [1.82, 2.24) is 14.9 Å². The molecule has 0 aliphatic carbocycles. The summed E-state index contributed by atoms with van der Waals surface area (Å²) in [6.07, 6.45) is 1.34. The normalized spacial score (nSPS) is 19.4. The van der Waals surface area contributed by atoms with E-state index in [1.165, 1.54) is 11.9 Å². The average molecular weight is 293 g/mol. The van der Waals surface area contributed by atoms with Crippen LogP contribution >= 0.6 is 0 Å². The molecule has 0 aromatic heterocycles. The summed E-state index contributed by atoms with van der Waals surface area (Å²) >= 11 is 0. The summed E-state index contributed by atoms with van der Waals surface area (Å²) in [5, 5.41) is 11.2. The lowest BCUT2D eigenvalue weighted by Crippen LogP contribution is -2.45. The molecule has 0 saturated carbocycles. The molecule has 1 heterocycles. The molecule has 9 heteroatoms. The third-order valence-electron chi connectivity index (χ3n) is 3.01. The van der Waals surface area contributed by atoms with Crippen LogP contribution < -0.4 is 10.0 Å². The molecular formula is C10H19N3O5S. The first-order chi connectivity index (χ1) is 8.85. The fourth-order valence-electron chi connectivity index (χ4n) is 2.01. The zero-order chi connectivity index (χ0) is 14.5. The van der Waals surface area contributed by atoms with E-state index in [1.54, 1.807) is 0 Å². The summed E-state index contributed by atoms with van der Waals surface area (Å²) in [4.78, 5) is 23.9. The lowest BCUT2D eigenvalue weighted by molar-refractivity contribution is -0.137. The maximum Gasteiger partial charge on any atom is 0.317 e. The highest BCUT2D eigenvalue weighted by atomic mass is 32.2. The van der Waals surface area contributed by atoms with Gasteiger partial charge in [-0.15, -0.1) is 0 Å². The molecule has 1 saturated heterocycles. The summed E-state index contributed by atoms with van der Waals surface area (Å²) in [7, 11) is -2.04. The van der Waals surface area contributed by atoms with Crippen LogP contribution in [-0.2, 0) is 14.8 Å². The van der Waals surface area contributed by atoms with Crippen molar-refractivity contribution >= 4 is 22.0 Å². The molecule has 1 fully saturated rings. The average Bonchev–Trinajstić information content (AvgIpc) is 2.76. The first-order valence-corrected chi connectivity index (χ1v) is 7.68. The van der Waals surface area contributed by atoms with E-state index in [2.05, 4.69) is 10.0 Å². The minimum atomic E-state index is -3.35. The van der Waals surface area contributed by atoms with Gasteiger partial charge in [0.25, 0.3) is 0 Å². The number of carbonyl (C=O) groups excluding carboxylic acids is 1. The number of carboxylic acids is 1. The van der Waals surface area contributed by atoms with Gasteiger partial charge in [-0.25, -0.2) is 17.9 Å². The lowest BCUT2D eigenvalue weighted by Gasteiger charge is -2.23. The number of aliphatic carboxylic acids is 1. The Morgan fingerprint density at radius 1 is 1.42 bits per heavy atom. The summed E-state index contributed by atoms with van der Waals surface area (Å²) in [5.41, 5.74) is 0. The summed E-state index contributed by atoms with van der Waals surface area (Å²) in [6, 6.07) is -0.714. The van der Waals surface area contributed by atoms with Gasteiger partial charge in [0, 0.05) is 19.1 Å². The van der Waals surface area contributed by atoms with Crippen LogP contribution in [0, 0.1) is 0 Å². The Morgan fingerprint density at radius 3 is 2.68 bits per heavy atom. The predicted octanol–water partition coefficient (Wildman–Crippen LogP) is -0.816. The van der Waals surface area contributed by atoms with Crippen molar-refractivity contribution in [2.75, 3.05) is 25.9 Å². The van der Waals surface area contributed by atoms with Crippen molar-refractivity contribution in [1.29, 1.82) is 0 Å². The molecule has 0 spiro atoms. The van der Waals surface area contributed by atoms with Crippen LogP contribution in [0.15, 0.2) is 0 Å². The smallest absolute Gasteiger partial charge is 0.317 e. The van der Waals surface area contributed by atoms with E-state index in [1.807, 2.05) is 0 Å². The number of carbonyl (C=O) groups is 2. The number of hydrogen-bond acceptors (Lipinski definition) is 4. The number of nitrogens with zero attached hydrogens (tertiary/aromatic N) is 1. The second kappa shape index (κ2) is 6.71. The van der Waals surface area contributed by atoms with Gasteiger partial charge in [0.15, 0.2) is 0 Å². The molecule has 1 unspecified atom stereocenters. The highest BCUT2D eigenvalue weighted by molar-refractivity contribution is 7.89. The van der Waals surface area contributed by atoms with E-state index < -0.39 is 22.0 Å². The highest BCUT2D eigenvalue weighted by Crippen LogP contribution is 2.19. The van der Waals surface area contributed by atoms with Crippen molar-refractivity contribution in [2.45, 2.75) is 25.3 Å². The van der Waals surface area contributed by atoms with Crippen LogP contribution in [0.4, 0.5) is 4.79 Å². The van der Waals surface area contributed by atoms with Gasteiger partial charge in [-0.3, -0.25) is 4.79 Å². The quantitative estimate of drug-likeness (QED) is 0.592. The Kier molecular flexibility index (Phi) is 5.55. The van der Waals surface area contributed by atoms with Crippen LogP contribution in [0.5, 0.6) is 0 Å². The fourth-order valence-corrected chi connectivity index (χ4v) is 2.59. The van der Waals surface area contributed by atoms with Crippen LogP contribution in [0.1, 0.15) is 19.3 Å². The van der Waals surface area contributed by atoms with Crippen LogP contribution in [-0.4, -0.2) is 62.4 Å². The molecule has 2 amide bonds. The molecule has 0 aromatic carbocycles. The number of hydrogen-bond donors (Lipinski definition) is 3. The molecule has 1 aliphatic heterocycles. The third kappa shape index (κ3) is 5.03. The summed E-state index contributed by atoms with van der Waals surface area (Å²) < 4.78 is 24.5. The Morgan fingerprint density at radius 2 is 2.11 bits per heavy atom. The molecule has 8 nitrogen and oxygen atoms in total. The predicted molar refractivity (Wildman–Crippen MR) is 68.2 cm³/mol. The van der Waals surface area contributed by atoms with Crippen molar-refractivity contribution in [3.8, 4) is 0 Å². The Hall–Kier alpha value is -1.35. The van der Waals surface area contributed by atoms with Crippen molar-refractivity contribution < 1.29 is 23.1 Å². The zero-order valence-corrected chi connectivity index (χ0v) is 11.6. The molecule has 0 radical (unpaired) electrons. The topological polar surface area (TPSA) is 116 Å². The zero-order valence-electron chi connectivity index (χ0n) is 10.8. The Bertz CT molecular complexity index is 436. The van der Waals surface area contributed by atoms with E-state index >= 15 is 0 Å². The van der Waals surface area contributed by atoms with Gasteiger partial charge in [-0.1, -0.05) is 0 Å². The third-order valence-corrected chi connectivity index (χ3v) is 4.37. The monoisotopic (exact) mass is 293 g/mol. The van der Waals surface area contributed by atoms with Gasteiger partial charge in [0.05, 0.1) is 12.2 Å². The van der Waals surface area contributed by atoms with Crippen LogP contribution in [0.2, 0.25) is 0 Å². The number of sulfonamides is 1. The number of carboxylic acid groups (broad SMARTS) is 1. The van der Waals surface area contributed by atoms with Crippen molar-refractivity contribution in [3.63, 3.8) is 0 Å². The number of likely N-dealkylation sites (tertiary alicyclic amines) is 1. The maximum atomic E-state index is 11.8. The van der Waals surface area contributed by atoms with E-state index in [-0.39, 0.29) is 24.8 Å². The molecule has 1 aliphatic rings. The second-order valence-corrected chi connectivity index (χ2v) is 6.39. The number of urea groups is 1. The molecule has 1 rings (SSSR count). The first kappa shape index (κ1) is 15.7. The van der Waals surface area contributed by atoms with Crippen molar-refractivity contribution in [2.24, 2.45) is 0 Å².